The van der Waals surface area contributed by atoms with Gasteiger partial charge in [-0.25, -0.2) is 4.98 Å². The van der Waals surface area contributed by atoms with Gasteiger partial charge < -0.3 is 10.6 Å². The van der Waals surface area contributed by atoms with Gasteiger partial charge in [0.2, 0.25) is 0 Å². The minimum Gasteiger partial charge on any atom is -0.355 e. The molecule has 0 amide bonds. The van der Waals surface area contributed by atoms with Gasteiger partial charge in [-0.3, -0.25) is 9.67 Å². The van der Waals surface area contributed by atoms with E-state index in [2.05, 4.69) is 25.7 Å². The van der Waals surface area contributed by atoms with Crippen LogP contribution in [0.5, 0.6) is 0 Å². The van der Waals surface area contributed by atoms with Crippen LogP contribution in [0.25, 0.3) is 0 Å². The van der Waals surface area contributed by atoms with Crippen LogP contribution >= 0.6 is 11.3 Å². The summed E-state index contributed by atoms with van der Waals surface area (Å²) in [5.74, 6) is 0.794. The summed E-state index contributed by atoms with van der Waals surface area (Å²) in [4.78, 5) is 9.87. The van der Waals surface area contributed by atoms with Gasteiger partial charge in [-0.1, -0.05) is 0 Å². The summed E-state index contributed by atoms with van der Waals surface area (Å²) in [6.07, 6.45) is 3.73. The van der Waals surface area contributed by atoms with Gasteiger partial charge in [0.25, 0.3) is 0 Å². The number of hydrogen-bond donors (Lipinski definition) is 2. The largest absolute Gasteiger partial charge is 0.355 e. The Bertz CT molecular complexity index is 557. The van der Waals surface area contributed by atoms with Gasteiger partial charge in [0.05, 0.1) is 23.8 Å². The Morgan fingerprint density at radius 2 is 2.25 bits per heavy atom. The molecule has 7 heteroatoms. The van der Waals surface area contributed by atoms with Gasteiger partial charge in [-0.05, 0) is 19.9 Å². The van der Waals surface area contributed by atoms with E-state index in [1.54, 1.807) is 24.6 Å². The lowest BCUT2D eigenvalue weighted by Crippen LogP contribution is -2.38. The molecule has 0 aliphatic heterocycles. The molecule has 0 bridgehead atoms. The van der Waals surface area contributed by atoms with Crippen LogP contribution in [0.15, 0.2) is 23.5 Å². The third kappa shape index (κ3) is 4.06. The van der Waals surface area contributed by atoms with Gasteiger partial charge in [-0.2, -0.15) is 5.10 Å². The lowest BCUT2D eigenvalue weighted by molar-refractivity contribution is 0.598. The third-order valence-corrected chi connectivity index (χ3v) is 3.90. The lowest BCUT2D eigenvalue weighted by Gasteiger charge is -2.11. The van der Waals surface area contributed by atoms with Crippen molar-refractivity contribution in [3.63, 3.8) is 0 Å². The van der Waals surface area contributed by atoms with Crippen molar-refractivity contribution in [2.45, 2.75) is 26.9 Å². The van der Waals surface area contributed by atoms with Gasteiger partial charge in [0.1, 0.15) is 0 Å². The Hall–Kier alpha value is -1.89. The maximum absolute atomic E-state index is 4.42. The molecule has 2 heterocycles. The maximum atomic E-state index is 4.42. The summed E-state index contributed by atoms with van der Waals surface area (Å²) >= 11 is 1.72. The van der Waals surface area contributed by atoms with Crippen molar-refractivity contribution in [3.8, 4) is 0 Å². The van der Waals surface area contributed by atoms with Crippen LogP contribution in [0.3, 0.4) is 0 Å². The number of nitrogens with one attached hydrogen (secondary N) is 2. The highest BCUT2D eigenvalue weighted by molar-refractivity contribution is 7.11. The number of aromatic nitrogens is 3. The zero-order valence-corrected chi connectivity index (χ0v) is 12.9. The first-order chi connectivity index (χ1) is 9.69. The van der Waals surface area contributed by atoms with E-state index in [-0.39, 0.29) is 0 Å². The molecule has 0 fully saturated rings. The molecule has 0 saturated carbocycles. The van der Waals surface area contributed by atoms with E-state index in [0.29, 0.717) is 0 Å². The molecule has 108 valence electrons. The topological polar surface area (TPSA) is 67.1 Å². The highest BCUT2D eigenvalue weighted by atomic mass is 32.1. The third-order valence-electron chi connectivity index (χ3n) is 2.83. The second-order valence-corrected chi connectivity index (χ2v) is 5.65. The molecule has 0 saturated heterocycles. The quantitative estimate of drug-likeness (QED) is 0.644. The van der Waals surface area contributed by atoms with Crippen LogP contribution in [0.1, 0.15) is 15.6 Å². The van der Waals surface area contributed by atoms with Gasteiger partial charge in [-0.15, -0.1) is 11.3 Å². The molecular formula is C13H20N6S. The van der Waals surface area contributed by atoms with E-state index < -0.39 is 0 Å². The van der Waals surface area contributed by atoms with Crippen molar-refractivity contribution >= 4 is 17.3 Å². The van der Waals surface area contributed by atoms with E-state index >= 15 is 0 Å². The smallest absolute Gasteiger partial charge is 0.191 e. The molecule has 2 aromatic rings. The van der Waals surface area contributed by atoms with Crippen LogP contribution < -0.4 is 10.6 Å². The molecule has 0 atom stereocenters. The van der Waals surface area contributed by atoms with Crippen molar-refractivity contribution in [1.29, 1.82) is 0 Å². The number of aryl methyl sites for hydroxylation is 2. The van der Waals surface area contributed by atoms with Crippen molar-refractivity contribution in [2.75, 3.05) is 13.6 Å². The zero-order valence-electron chi connectivity index (χ0n) is 12.1. The van der Waals surface area contributed by atoms with Crippen molar-refractivity contribution in [2.24, 2.45) is 4.99 Å². The molecule has 0 aromatic carbocycles. The minimum absolute atomic E-state index is 0.749. The van der Waals surface area contributed by atoms with Crippen LogP contribution in [0.2, 0.25) is 0 Å². The Morgan fingerprint density at radius 1 is 1.40 bits per heavy atom. The first-order valence-corrected chi connectivity index (χ1v) is 7.35. The van der Waals surface area contributed by atoms with Gasteiger partial charge >= 0.3 is 0 Å². The minimum atomic E-state index is 0.749. The molecule has 2 aromatic heterocycles. The summed E-state index contributed by atoms with van der Waals surface area (Å²) in [5.41, 5.74) is 1.09. The normalized spacial score (nSPS) is 11.7. The average Bonchev–Trinajstić information content (AvgIpc) is 3.03. The van der Waals surface area contributed by atoms with E-state index in [1.807, 2.05) is 30.8 Å². The molecule has 0 unspecified atom stereocenters. The van der Waals surface area contributed by atoms with Crippen molar-refractivity contribution in [3.05, 3.63) is 34.0 Å². The first kappa shape index (κ1) is 14.5. The summed E-state index contributed by atoms with van der Waals surface area (Å²) in [7, 11) is 1.77. The Morgan fingerprint density at radius 3 is 2.85 bits per heavy atom. The Balaban J connectivity index is 1.76. The van der Waals surface area contributed by atoms with Crippen LogP contribution in [-0.4, -0.2) is 34.3 Å². The van der Waals surface area contributed by atoms with Crippen LogP contribution in [0.4, 0.5) is 0 Å². The fourth-order valence-corrected chi connectivity index (χ4v) is 2.72. The van der Waals surface area contributed by atoms with Crippen molar-refractivity contribution < 1.29 is 0 Å². The molecule has 0 spiro atoms. The van der Waals surface area contributed by atoms with Crippen LogP contribution in [-0.2, 0) is 13.1 Å². The predicted molar refractivity (Wildman–Crippen MR) is 82.0 cm³/mol. The molecule has 20 heavy (non-hydrogen) atoms. The fraction of sp³-hybridized carbons (Fsp3) is 0.462. The van der Waals surface area contributed by atoms with Crippen LogP contribution in [0, 0.1) is 13.8 Å². The Kier molecular flexibility index (Phi) is 5.11. The molecule has 6 nitrogen and oxygen atoms in total. The monoisotopic (exact) mass is 292 g/mol. The molecule has 2 N–H and O–H groups in total. The van der Waals surface area contributed by atoms with E-state index in [9.17, 15) is 0 Å². The van der Waals surface area contributed by atoms with Crippen molar-refractivity contribution in [1.82, 2.24) is 25.4 Å². The Labute approximate surface area is 123 Å². The van der Waals surface area contributed by atoms with Gasteiger partial charge in [0.15, 0.2) is 5.96 Å². The average molecular weight is 292 g/mol. The number of rotatable bonds is 5. The maximum Gasteiger partial charge on any atom is 0.191 e. The lowest BCUT2D eigenvalue weighted by atomic mass is 10.4. The zero-order chi connectivity index (χ0) is 14.4. The molecular weight excluding hydrogens is 272 g/mol. The predicted octanol–water partition coefficient (Wildman–Crippen LogP) is 1.32. The SMILES string of the molecule is CN=C(NCCn1cccn1)NCc1sc(C)nc1C. The highest BCUT2D eigenvalue weighted by Gasteiger charge is 2.05. The molecule has 0 radical (unpaired) electrons. The summed E-state index contributed by atoms with van der Waals surface area (Å²) < 4.78 is 1.89. The molecule has 0 aliphatic rings. The number of thiazole rings is 1. The summed E-state index contributed by atoms with van der Waals surface area (Å²) in [6.45, 7) is 6.40. The molecule has 0 aliphatic carbocycles. The number of guanidine groups is 1. The highest BCUT2D eigenvalue weighted by Crippen LogP contribution is 2.16. The van der Waals surface area contributed by atoms with E-state index in [4.69, 9.17) is 0 Å². The first-order valence-electron chi connectivity index (χ1n) is 6.54. The summed E-state index contributed by atoms with van der Waals surface area (Å²) in [6, 6.07) is 1.92. The van der Waals surface area contributed by atoms with E-state index in [1.165, 1.54) is 4.88 Å². The molecule has 2 rings (SSSR count). The van der Waals surface area contributed by atoms with Gasteiger partial charge in [0, 0.05) is 30.9 Å². The second kappa shape index (κ2) is 7.04. The van der Waals surface area contributed by atoms with E-state index in [0.717, 1.165) is 36.3 Å². The second-order valence-electron chi connectivity index (χ2n) is 4.36. The summed E-state index contributed by atoms with van der Waals surface area (Å²) in [5, 5.41) is 11.8. The number of nitrogens with zero attached hydrogens (tertiary/aromatic N) is 4. The standard InChI is InChI=1S/C13H20N6S/c1-10-12(20-11(2)18-10)9-16-13(14-3)15-6-8-19-7-4-5-17-19/h4-5,7H,6,8-9H2,1-3H3,(H2,14,15,16). The number of aliphatic imine (C=N–C) groups is 1. The number of hydrogen-bond acceptors (Lipinski definition) is 4. The fourth-order valence-electron chi connectivity index (χ4n) is 1.84.